The number of hydrogen-bond acceptors (Lipinski definition) is 13. The Morgan fingerprint density at radius 2 is 1.57 bits per heavy atom. The Bertz CT molecular complexity index is 2840. The average molecular weight is 965 g/mol. The van der Waals surface area contributed by atoms with E-state index in [0.717, 1.165) is 104 Å². The SMILES string of the molecule is O=C(NS(=O)(=O)c1ccc(NCC2CCOCC2)c([N+](=O)[O-])c1)c1ccc(N2CCN(Cc3c(OCCN4CCOCC4)cccc3-c3ccc(Cl)cc3)CC2)cc1Oc1cccc2[nH]ccc12. The Kier molecular flexibility index (Phi) is 14.7. The second-order valence-corrected chi connectivity index (χ2v) is 19.3. The predicted octanol–water partition coefficient (Wildman–Crippen LogP) is 8.18. The molecule has 18 heteroatoms. The first-order chi connectivity index (χ1) is 33.1. The van der Waals surface area contributed by atoms with Crippen molar-refractivity contribution in [3.05, 3.63) is 136 Å². The van der Waals surface area contributed by atoms with E-state index < -0.39 is 31.4 Å². The number of nitro groups is 1. The number of halogens is 1. The van der Waals surface area contributed by atoms with Gasteiger partial charge < -0.3 is 34.1 Å². The Morgan fingerprint density at radius 1 is 0.824 bits per heavy atom. The molecule has 5 aromatic carbocycles. The van der Waals surface area contributed by atoms with Crippen LogP contribution in [0.4, 0.5) is 17.1 Å². The zero-order chi connectivity index (χ0) is 47.0. The highest BCUT2D eigenvalue weighted by molar-refractivity contribution is 7.90. The minimum atomic E-state index is -4.58. The number of H-pyrrole nitrogens is 1. The van der Waals surface area contributed by atoms with Crippen LogP contribution in [-0.4, -0.2) is 119 Å². The number of morpholine rings is 1. The number of sulfonamides is 1. The monoisotopic (exact) mass is 963 g/mol. The van der Waals surface area contributed by atoms with Crippen molar-refractivity contribution in [2.75, 3.05) is 95.6 Å². The molecule has 68 heavy (non-hydrogen) atoms. The molecule has 16 nitrogen and oxygen atoms in total. The number of aromatic nitrogens is 1. The zero-order valence-electron chi connectivity index (χ0n) is 37.5. The van der Waals surface area contributed by atoms with Gasteiger partial charge in [-0.2, -0.15) is 0 Å². The van der Waals surface area contributed by atoms with Gasteiger partial charge in [-0.1, -0.05) is 41.9 Å². The van der Waals surface area contributed by atoms with Crippen LogP contribution < -0.4 is 24.4 Å². The van der Waals surface area contributed by atoms with Crippen molar-refractivity contribution < 1.29 is 37.1 Å². The Labute approximate surface area is 400 Å². The van der Waals surface area contributed by atoms with Crippen molar-refractivity contribution in [2.45, 2.75) is 24.3 Å². The fourth-order valence-corrected chi connectivity index (χ4v) is 10.0. The number of anilines is 2. The summed E-state index contributed by atoms with van der Waals surface area (Å²) in [6.45, 7) is 9.72. The Balaban J connectivity index is 0.929. The van der Waals surface area contributed by atoms with Gasteiger partial charge >= 0.3 is 0 Å². The summed E-state index contributed by atoms with van der Waals surface area (Å²) in [5.41, 5.74) is 4.57. The molecule has 0 atom stereocenters. The third-order valence-electron chi connectivity index (χ3n) is 12.8. The maximum atomic E-state index is 14.1. The summed E-state index contributed by atoms with van der Waals surface area (Å²) in [6.07, 6.45) is 3.42. The molecule has 0 bridgehead atoms. The van der Waals surface area contributed by atoms with Gasteiger partial charge in [-0.05, 0) is 90.6 Å². The van der Waals surface area contributed by atoms with E-state index in [4.69, 9.17) is 30.5 Å². The third kappa shape index (κ3) is 11.2. The molecule has 3 aliphatic rings. The highest BCUT2D eigenvalue weighted by Gasteiger charge is 2.28. The maximum absolute atomic E-state index is 14.1. The van der Waals surface area contributed by atoms with Crippen LogP contribution in [0.1, 0.15) is 28.8 Å². The Morgan fingerprint density at radius 3 is 2.35 bits per heavy atom. The topological polar surface area (TPSA) is 181 Å². The molecule has 356 valence electrons. The van der Waals surface area contributed by atoms with Gasteiger partial charge in [-0.3, -0.25) is 24.7 Å². The number of nitrogens with zero attached hydrogens (tertiary/aromatic N) is 4. The number of benzene rings is 5. The van der Waals surface area contributed by atoms with Gasteiger partial charge in [0.2, 0.25) is 0 Å². The lowest BCUT2D eigenvalue weighted by molar-refractivity contribution is -0.384. The molecule has 0 unspecified atom stereocenters. The smallest absolute Gasteiger partial charge is 0.293 e. The summed E-state index contributed by atoms with van der Waals surface area (Å²) in [5.74, 6) is 0.758. The van der Waals surface area contributed by atoms with Crippen LogP contribution >= 0.6 is 11.6 Å². The molecule has 3 saturated heterocycles. The summed E-state index contributed by atoms with van der Waals surface area (Å²) in [5, 5.41) is 16.7. The highest BCUT2D eigenvalue weighted by atomic mass is 35.5. The molecule has 0 spiro atoms. The van der Waals surface area contributed by atoms with Crippen molar-refractivity contribution in [1.82, 2.24) is 19.5 Å². The van der Waals surface area contributed by atoms with Crippen molar-refractivity contribution in [3.8, 4) is 28.4 Å². The second kappa shape index (κ2) is 21.4. The van der Waals surface area contributed by atoms with Crippen molar-refractivity contribution in [2.24, 2.45) is 5.92 Å². The van der Waals surface area contributed by atoms with Gasteiger partial charge in [0, 0.05) is 118 Å². The maximum Gasteiger partial charge on any atom is 0.293 e. The van der Waals surface area contributed by atoms with E-state index >= 15 is 0 Å². The number of piperazine rings is 1. The van der Waals surface area contributed by atoms with Crippen LogP contribution in [0.2, 0.25) is 5.02 Å². The van der Waals surface area contributed by atoms with E-state index in [1.807, 2.05) is 54.6 Å². The fourth-order valence-electron chi connectivity index (χ4n) is 8.92. The normalized spacial score (nSPS) is 16.4. The number of carbonyl (C=O) groups is 1. The largest absolute Gasteiger partial charge is 0.492 e. The number of hydrogen-bond donors (Lipinski definition) is 3. The molecule has 0 radical (unpaired) electrons. The van der Waals surface area contributed by atoms with E-state index in [9.17, 15) is 23.3 Å². The first-order valence-corrected chi connectivity index (χ1v) is 24.8. The number of aromatic amines is 1. The molecule has 0 aliphatic carbocycles. The van der Waals surface area contributed by atoms with Gasteiger partial charge in [0.05, 0.1) is 28.6 Å². The number of nitrogens with one attached hydrogen (secondary N) is 3. The first kappa shape index (κ1) is 46.9. The summed E-state index contributed by atoms with van der Waals surface area (Å²) < 4.78 is 53.7. The van der Waals surface area contributed by atoms with Gasteiger partial charge in [-0.15, -0.1) is 0 Å². The number of amides is 1. The molecule has 3 N–H and O–H groups in total. The van der Waals surface area contributed by atoms with E-state index in [2.05, 4.69) is 35.8 Å². The van der Waals surface area contributed by atoms with Crippen LogP contribution in [0, 0.1) is 16.0 Å². The van der Waals surface area contributed by atoms with E-state index in [0.29, 0.717) is 56.8 Å². The molecule has 0 saturated carbocycles. The molecule has 4 heterocycles. The van der Waals surface area contributed by atoms with Gasteiger partial charge in [0.25, 0.3) is 21.6 Å². The fraction of sp³-hybridized carbons (Fsp3) is 0.340. The number of nitro benzene ring substituents is 1. The zero-order valence-corrected chi connectivity index (χ0v) is 39.1. The van der Waals surface area contributed by atoms with Crippen LogP contribution in [0.15, 0.2) is 114 Å². The molecule has 3 aliphatic heterocycles. The molecule has 1 aromatic heterocycles. The molecule has 3 fully saturated rings. The second-order valence-electron chi connectivity index (χ2n) is 17.1. The number of ether oxygens (including phenoxy) is 4. The van der Waals surface area contributed by atoms with Gasteiger partial charge in [-0.25, -0.2) is 13.1 Å². The number of carbonyl (C=O) groups excluding carboxylic acids is 1. The lowest BCUT2D eigenvalue weighted by Gasteiger charge is -2.37. The van der Waals surface area contributed by atoms with Gasteiger partial charge in [0.1, 0.15) is 29.5 Å². The number of fused-ring (bicyclic) bond motifs is 1. The minimum Gasteiger partial charge on any atom is -0.492 e. The molecular weight excluding hydrogens is 910 g/mol. The Hall–Kier alpha value is -6.21. The standard InChI is InChI=1S/C50H54ClN7O9S/c51-37-9-7-36(8-10-37)40-3-1-5-47(66-30-25-55-23-28-65-29-24-55)43(40)34-56-19-21-57(22-20-56)38-11-13-42(49(31-38)67-48-6-2-4-44-41(48)15-18-52-44)50(59)54-68(62,63)39-12-14-45(46(32-39)58(60)61)53-33-35-16-26-64-27-17-35/h1-15,18,31-32,35,52-53H,16-17,19-30,33-34H2,(H,54,59). The van der Waals surface area contributed by atoms with Gasteiger partial charge in [0.15, 0.2) is 0 Å². The molecular formula is C50H54ClN7O9S. The quantitative estimate of drug-likeness (QED) is 0.0589. The minimum absolute atomic E-state index is 0.0345. The van der Waals surface area contributed by atoms with E-state index in [-0.39, 0.29) is 22.9 Å². The summed E-state index contributed by atoms with van der Waals surface area (Å²) in [6, 6.07) is 30.1. The summed E-state index contributed by atoms with van der Waals surface area (Å²) in [7, 11) is -4.58. The lowest BCUT2D eigenvalue weighted by atomic mass is 9.98. The van der Waals surface area contributed by atoms with Crippen molar-refractivity contribution >= 4 is 55.5 Å². The van der Waals surface area contributed by atoms with E-state index in [1.54, 1.807) is 30.5 Å². The molecule has 1 amide bonds. The van der Waals surface area contributed by atoms with Crippen LogP contribution in [0.5, 0.6) is 17.2 Å². The first-order valence-electron chi connectivity index (χ1n) is 22.9. The van der Waals surface area contributed by atoms with E-state index in [1.165, 1.54) is 12.1 Å². The predicted molar refractivity (Wildman–Crippen MR) is 262 cm³/mol. The number of rotatable bonds is 17. The summed E-state index contributed by atoms with van der Waals surface area (Å²) in [4.78, 5) is 35.3. The van der Waals surface area contributed by atoms with Crippen molar-refractivity contribution in [3.63, 3.8) is 0 Å². The van der Waals surface area contributed by atoms with Crippen molar-refractivity contribution in [1.29, 1.82) is 0 Å². The van der Waals surface area contributed by atoms with Crippen LogP contribution in [0.25, 0.3) is 22.0 Å². The van der Waals surface area contributed by atoms with Crippen LogP contribution in [-0.2, 0) is 26.0 Å². The molecule has 6 aromatic rings. The lowest BCUT2D eigenvalue weighted by Crippen LogP contribution is -2.46. The average Bonchev–Trinajstić information content (AvgIpc) is 3.85. The molecule has 9 rings (SSSR count). The highest BCUT2D eigenvalue weighted by Crippen LogP contribution is 2.37. The summed E-state index contributed by atoms with van der Waals surface area (Å²) >= 11 is 6.29. The third-order valence-corrected chi connectivity index (χ3v) is 14.4. The van der Waals surface area contributed by atoms with Crippen LogP contribution in [0.3, 0.4) is 0 Å².